The van der Waals surface area contributed by atoms with E-state index in [-0.39, 0.29) is 0 Å². The second kappa shape index (κ2) is 6.51. The third-order valence-corrected chi connectivity index (χ3v) is 3.55. The Hall–Kier alpha value is -2.83. The number of furan rings is 1. The van der Waals surface area contributed by atoms with Crippen molar-refractivity contribution < 1.29 is 14.0 Å². The number of aryl methyl sites for hydroxylation is 4. The molecule has 0 spiro atoms. The molecule has 0 aromatic carbocycles. The van der Waals surface area contributed by atoms with Gasteiger partial charge in [-0.05, 0) is 39.8 Å². The number of rotatable bonds is 3. The molecule has 0 bridgehead atoms. The third-order valence-electron chi connectivity index (χ3n) is 3.55. The molecule has 2 aromatic rings. The largest absolute Gasteiger partial charge is 0.466 e. The Balaban J connectivity index is 1.96. The van der Waals surface area contributed by atoms with E-state index in [4.69, 9.17) is 4.42 Å². The summed E-state index contributed by atoms with van der Waals surface area (Å²) < 4.78 is 7.03. The number of amides is 2. The van der Waals surface area contributed by atoms with Crippen LogP contribution in [0.1, 0.15) is 38.8 Å². The molecule has 0 atom stereocenters. The lowest BCUT2D eigenvalue weighted by Gasteiger charge is -2.04. The number of hydrogen-bond acceptors (Lipinski definition) is 4. The van der Waals surface area contributed by atoms with E-state index in [9.17, 15) is 9.59 Å². The van der Waals surface area contributed by atoms with Crippen LogP contribution in [0.3, 0.4) is 0 Å². The van der Waals surface area contributed by atoms with E-state index in [0.717, 1.165) is 17.0 Å². The van der Waals surface area contributed by atoms with Crippen LogP contribution in [0.25, 0.3) is 6.08 Å². The Kier molecular flexibility index (Phi) is 4.68. The average molecular weight is 316 g/mol. The smallest absolute Gasteiger partial charge is 0.273 e. The van der Waals surface area contributed by atoms with Crippen LogP contribution in [0, 0.1) is 27.7 Å². The first kappa shape index (κ1) is 16.5. The van der Waals surface area contributed by atoms with Gasteiger partial charge in [-0.1, -0.05) is 0 Å². The van der Waals surface area contributed by atoms with Gasteiger partial charge < -0.3 is 4.42 Å². The number of hydrazine groups is 1. The highest BCUT2D eigenvalue weighted by atomic mass is 16.3. The number of carbonyl (C=O) groups is 2. The second-order valence-corrected chi connectivity index (χ2v) is 5.31. The van der Waals surface area contributed by atoms with Gasteiger partial charge in [-0.3, -0.25) is 25.1 Å². The number of nitrogens with zero attached hydrogens (tertiary/aromatic N) is 2. The highest BCUT2D eigenvalue weighted by Crippen LogP contribution is 2.14. The standard InChI is InChI=1S/C16H20N4O3/c1-9-8-14(12(4)23-9)16(22)18-17-15(21)7-6-13-10(2)19-20(5)11(13)3/h6-8H,1-5H3,(H,17,21)(H,18,22)/b7-6+. The summed E-state index contributed by atoms with van der Waals surface area (Å²) in [6.45, 7) is 7.24. The lowest BCUT2D eigenvalue weighted by Crippen LogP contribution is -2.40. The fraction of sp³-hybridized carbons (Fsp3) is 0.312. The predicted octanol–water partition coefficient (Wildman–Crippen LogP) is 1.72. The molecule has 0 saturated carbocycles. The summed E-state index contributed by atoms with van der Waals surface area (Å²) in [5.74, 6) is 0.293. The molecular formula is C16H20N4O3. The molecule has 7 nitrogen and oxygen atoms in total. The predicted molar refractivity (Wildman–Crippen MR) is 85.5 cm³/mol. The summed E-state index contributed by atoms with van der Waals surface area (Å²) >= 11 is 0. The van der Waals surface area contributed by atoms with E-state index in [2.05, 4.69) is 16.0 Å². The van der Waals surface area contributed by atoms with Crippen LogP contribution < -0.4 is 10.9 Å². The molecule has 2 rings (SSSR count). The molecule has 0 fully saturated rings. The van der Waals surface area contributed by atoms with E-state index in [1.165, 1.54) is 6.08 Å². The van der Waals surface area contributed by atoms with Gasteiger partial charge in [0.05, 0.1) is 11.3 Å². The van der Waals surface area contributed by atoms with Crippen molar-refractivity contribution in [2.45, 2.75) is 27.7 Å². The van der Waals surface area contributed by atoms with Crippen LogP contribution in [-0.4, -0.2) is 21.6 Å². The van der Waals surface area contributed by atoms with Crippen molar-refractivity contribution in [3.05, 3.63) is 46.2 Å². The van der Waals surface area contributed by atoms with Crippen molar-refractivity contribution in [3.8, 4) is 0 Å². The Morgan fingerprint density at radius 2 is 1.91 bits per heavy atom. The zero-order valence-electron chi connectivity index (χ0n) is 13.9. The molecule has 0 aliphatic rings. The molecule has 0 aliphatic heterocycles. The zero-order chi connectivity index (χ0) is 17.1. The van der Waals surface area contributed by atoms with Crippen LogP contribution in [0.4, 0.5) is 0 Å². The van der Waals surface area contributed by atoms with Crippen LogP contribution in [0.5, 0.6) is 0 Å². The molecule has 0 unspecified atom stereocenters. The second-order valence-electron chi connectivity index (χ2n) is 5.31. The molecule has 2 aromatic heterocycles. The molecule has 0 saturated heterocycles. The van der Waals surface area contributed by atoms with Crippen LogP contribution in [0.2, 0.25) is 0 Å². The lowest BCUT2D eigenvalue weighted by molar-refractivity contribution is -0.117. The van der Waals surface area contributed by atoms with Crippen molar-refractivity contribution in [2.75, 3.05) is 0 Å². The van der Waals surface area contributed by atoms with Crippen LogP contribution in [-0.2, 0) is 11.8 Å². The Morgan fingerprint density at radius 1 is 1.22 bits per heavy atom. The number of hydrogen-bond donors (Lipinski definition) is 2. The quantitative estimate of drug-likeness (QED) is 0.666. The zero-order valence-corrected chi connectivity index (χ0v) is 13.9. The van der Waals surface area contributed by atoms with Crippen molar-refractivity contribution >= 4 is 17.9 Å². The number of carbonyl (C=O) groups excluding carboxylic acids is 2. The Labute approximate surface area is 134 Å². The summed E-state index contributed by atoms with van der Waals surface area (Å²) in [7, 11) is 1.84. The van der Waals surface area contributed by atoms with E-state index >= 15 is 0 Å². The van der Waals surface area contributed by atoms with Crippen LogP contribution >= 0.6 is 0 Å². The van der Waals surface area contributed by atoms with Gasteiger partial charge in [0.2, 0.25) is 0 Å². The maximum Gasteiger partial charge on any atom is 0.273 e. The topological polar surface area (TPSA) is 89.2 Å². The monoisotopic (exact) mass is 316 g/mol. The minimum atomic E-state index is -0.432. The first-order valence-electron chi connectivity index (χ1n) is 7.15. The highest BCUT2D eigenvalue weighted by Gasteiger charge is 2.13. The molecule has 0 radical (unpaired) electrons. The van der Waals surface area contributed by atoms with E-state index in [0.29, 0.717) is 17.1 Å². The fourth-order valence-corrected chi connectivity index (χ4v) is 2.27. The van der Waals surface area contributed by atoms with Gasteiger partial charge in [0, 0.05) is 24.4 Å². The SMILES string of the molecule is Cc1cc(C(=O)NNC(=O)/C=C/c2c(C)nn(C)c2C)c(C)o1. The summed E-state index contributed by atoms with van der Waals surface area (Å²) in [4.78, 5) is 23.8. The van der Waals surface area contributed by atoms with Crippen molar-refractivity contribution in [3.63, 3.8) is 0 Å². The van der Waals surface area contributed by atoms with Crippen molar-refractivity contribution in [1.82, 2.24) is 20.6 Å². The lowest BCUT2D eigenvalue weighted by atomic mass is 10.2. The maximum absolute atomic E-state index is 11.9. The minimum Gasteiger partial charge on any atom is -0.466 e. The number of nitrogens with one attached hydrogen (secondary N) is 2. The van der Waals surface area contributed by atoms with Gasteiger partial charge >= 0.3 is 0 Å². The van der Waals surface area contributed by atoms with E-state index in [1.807, 2.05) is 20.9 Å². The van der Waals surface area contributed by atoms with Crippen molar-refractivity contribution in [1.29, 1.82) is 0 Å². The van der Waals surface area contributed by atoms with Gasteiger partial charge in [0.25, 0.3) is 11.8 Å². The van der Waals surface area contributed by atoms with E-state index in [1.54, 1.807) is 30.7 Å². The molecular weight excluding hydrogens is 296 g/mol. The maximum atomic E-state index is 11.9. The molecule has 122 valence electrons. The third kappa shape index (κ3) is 3.68. The minimum absolute atomic E-state index is 0.394. The normalized spacial score (nSPS) is 11.0. The molecule has 2 heterocycles. The summed E-state index contributed by atoms with van der Waals surface area (Å²) in [6, 6.07) is 1.62. The van der Waals surface area contributed by atoms with Gasteiger partial charge in [-0.2, -0.15) is 5.10 Å². The molecule has 23 heavy (non-hydrogen) atoms. The van der Waals surface area contributed by atoms with Crippen LogP contribution in [0.15, 0.2) is 16.6 Å². The Bertz CT molecular complexity index is 784. The van der Waals surface area contributed by atoms with Gasteiger partial charge in [0.15, 0.2) is 0 Å². The fourth-order valence-electron chi connectivity index (χ4n) is 2.27. The summed E-state index contributed by atoms with van der Waals surface area (Å²) in [5, 5.41) is 4.27. The molecule has 0 aliphatic carbocycles. The molecule has 2 N–H and O–H groups in total. The summed E-state index contributed by atoms with van der Waals surface area (Å²) in [6.07, 6.45) is 3.02. The van der Waals surface area contributed by atoms with E-state index < -0.39 is 11.8 Å². The van der Waals surface area contributed by atoms with Gasteiger partial charge in [-0.25, -0.2) is 0 Å². The average Bonchev–Trinajstić information content (AvgIpc) is 2.94. The molecule has 7 heteroatoms. The first-order chi connectivity index (χ1) is 10.8. The Morgan fingerprint density at radius 3 is 2.43 bits per heavy atom. The first-order valence-corrected chi connectivity index (χ1v) is 7.15. The number of aromatic nitrogens is 2. The molecule has 2 amide bonds. The van der Waals surface area contributed by atoms with Gasteiger partial charge in [-0.15, -0.1) is 0 Å². The summed E-state index contributed by atoms with van der Waals surface area (Å²) in [5.41, 5.74) is 7.77. The van der Waals surface area contributed by atoms with Gasteiger partial charge in [0.1, 0.15) is 11.5 Å². The highest BCUT2D eigenvalue weighted by molar-refractivity contribution is 5.98. The van der Waals surface area contributed by atoms with Crippen molar-refractivity contribution in [2.24, 2.45) is 7.05 Å².